The molecule has 0 spiro atoms. The SMILES string of the molecule is CC1(C)CC[C@]2(C(=O)O)[C@H](O)C[C@]3(C)C(=CC[C@@H]4[C@@]5(C)CC[C@H](O[C@@H]6O[C@H](CO[C@@H]7OC[C@H](O)[C@H](O)[C@H]7O[C@@H]7OC[C@@H](O)[C@H](O)[C@H]7O)[C@@H](O)[C@H](O)[C@H]6O)C(C)(C)[C@@H]5CC[C@]43C)[C@@H]2C1. The lowest BCUT2D eigenvalue weighted by Gasteiger charge is -2.71. The zero-order valence-corrected chi connectivity index (χ0v) is 37.8. The van der Waals surface area contributed by atoms with Gasteiger partial charge < -0.3 is 79.5 Å². The Morgan fingerprint density at radius 2 is 1.35 bits per heavy atom. The topological polar surface area (TPSA) is 275 Å². The van der Waals surface area contributed by atoms with Crippen molar-refractivity contribution in [2.75, 3.05) is 19.8 Å². The molecule has 17 heteroatoms. The van der Waals surface area contributed by atoms with Gasteiger partial charge in [-0.15, -0.1) is 0 Å². The van der Waals surface area contributed by atoms with Crippen LogP contribution in [0.3, 0.4) is 0 Å². The highest BCUT2D eigenvalue weighted by Crippen LogP contribution is 2.76. The van der Waals surface area contributed by atoms with Gasteiger partial charge in [-0.2, -0.15) is 0 Å². The number of carboxylic acids is 1. The summed E-state index contributed by atoms with van der Waals surface area (Å²) in [5.74, 6) is -0.701. The molecule has 0 aromatic heterocycles. The lowest BCUT2D eigenvalue weighted by atomic mass is 9.33. The second-order valence-electron chi connectivity index (χ2n) is 22.7. The van der Waals surface area contributed by atoms with Crippen LogP contribution in [0.4, 0.5) is 0 Å². The van der Waals surface area contributed by atoms with Gasteiger partial charge in [0.2, 0.25) is 0 Å². The third-order valence-corrected chi connectivity index (χ3v) is 18.6. The van der Waals surface area contributed by atoms with Gasteiger partial charge >= 0.3 is 5.97 Å². The molecule has 17 nitrogen and oxygen atoms in total. The number of carbonyl (C=O) groups is 1. The summed E-state index contributed by atoms with van der Waals surface area (Å²) in [5, 5.41) is 108. The number of allylic oxidation sites excluding steroid dienone is 2. The quantitative estimate of drug-likeness (QED) is 0.120. The summed E-state index contributed by atoms with van der Waals surface area (Å²) in [5.41, 5.74) is -1.18. The van der Waals surface area contributed by atoms with Gasteiger partial charge in [0.15, 0.2) is 18.9 Å². The molecule has 3 heterocycles. The molecule has 8 aliphatic rings. The average Bonchev–Trinajstić information content (AvgIpc) is 3.20. The Kier molecular flexibility index (Phi) is 12.7. The van der Waals surface area contributed by atoms with E-state index in [0.717, 1.165) is 38.5 Å². The molecule has 8 rings (SSSR count). The van der Waals surface area contributed by atoms with Crippen LogP contribution in [0.1, 0.15) is 106 Å². The lowest BCUT2D eigenvalue weighted by molar-refractivity contribution is -0.357. The maximum absolute atomic E-state index is 13.1. The standard InChI is InChI=1S/C46H74O17/c1-41(2)14-15-46(40(56)57)22(16-41)21-8-9-27-43(5)12-11-29(42(3,4)26(43)10-13-44(27,6)45(21,7)17-28(46)49)62-38-35(55)33(53)32(52)25(61-38)20-60-39-36(31(51)24(48)19-59-39)63-37-34(54)30(50)23(47)18-58-37/h8,22-39,47-55H,9-20H2,1-7H3,(H,56,57)/t22-,23+,24-,25+,26-,27+,28+,29-,30-,31-,32+,33-,34+,35+,36+,37-,38-,39-,43-,44+,45+,46+/m0/s1. The van der Waals surface area contributed by atoms with Crippen molar-refractivity contribution < 1.29 is 84.3 Å². The van der Waals surface area contributed by atoms with Crippen LogP contribution < -0.4 is 0 Å². The summed E-state index contributed by atoms with van der Waals surface area (Å²) in [6.45, 7) is 14.7. The van der Waals surface area contributed by atoms with Gasteiger partial charge in [0, 0.05) is 0 Å². The van der Waals surface area contributed by atoms with Gasteiger partial charge in [0.05, 0.1) is 32.0 Å². The second kappa shape index (κ2) is 16.7. The summed E-state index contributed by atoms with van der Waals surface area (Å²) in [6.07, 6.45) is -12.3. The van der Waals surface area contributed by atoms with E-state index in [9.17, 15) is 55.9 Å². The van der Waals surface area contributed by atoms with Gasteiger partial charge in [0.1, 0.15) is 66.5 Å². The number of aliphatic carboxylic acids is 1. The van der Waals surface area contributed by atoms with Gasteiger partial charge in [-0.25, -0.2) is 0 Å². The summed E-state index contributed by atoms with van der Waals surface area (Å²) in [6, 6.07) is 0. The largest absolute Gasteiger partial charge is 0.481 e. The van der Waals surface area contributed by atoms with Crippen molar-refractivity contribution in [1.82, 2.24) is 0 Å². The molecular weight excluding hydrogens is 824 g/mol. The van der Waals surface area contributed by atoms with Gasteiger partial charge in [-0.1, -0.05) is 60.1 Å². The molecule has 360 valence electrons. The van der Waals surface area contributed by atoms with Gasteiger partial charge in [0.25, 0.3) is 0 Å². The molecule has 22 atom stereocenters. The van der Waals surface area contributed by atoms with Crippen molar-refractivity contribution in [3.63, 3.8) is 0 Å². The summed E-state index contributed by atoms with van der Waals surface area (Å²) >= 11 is 0. The van der Waals surface area contributed by atoms with E-state index in [4.69, 9.17) is 28.4 Å². The van der Waals surface area contributed by atoms with E-state index < -0.39 is 121 Å². The Labute approximate surface area is 369 Å². The number of hydrogen-bond acceptors (Lipinski definition) is 16. The van der Waals surface area contributed by atoms with Crippen LogP contribution in [0.25, 0.3) is 0 Å². The van der Waals surface area contributed by atoms with E-state index in [0.29, 0.717) is 19.3 Å². The minimum Gasteiger partial charge on any atom is -0.481 e. The van der Waals surface area contributed by atoms with E-state index >= 15 is 0 Å². The molecule has 5 aliphatic carbocycles. The highest BCUT2D eigenvalue weighted by molar-refractivity contribution is 5.77. The predicted molar refractivity (Wildman–Crippen MR) is 220 cm³/mol. The molecule has 3 saturated heterocycles. The van der Waals surface area contributed by atoms with E-state index in [-0.39, 0.29) is 47.2 Å². The van der Waals surface area contributed by atoms with Gasteiger partial charge in [-0.3, -0.25) is 4.79 Å². The molecule has 4 saturated carbocycles. The van der Waals surface area contributed by atoms with Crippen LogP contribution in [0, 0.1) is 50.2 Å². The van der Waals surface area contributed by atoms with Crippen LogP contribution in [0.15, 0.2) is 11.6 Å². The van der Waals surface area contributed by atoms with E-state index in [1.807, 2.05) is 0 Å². The molecule has 7 fully saturated rings. The van der Waals surface area contributed by atoms with Crippen molar-refractivity contribution >= 4 is 5.97 Å². The molecular formula is C46H74O17. The highest BCUT2D eigenvalue weighted by atomic mass is 16.8. The minimum absolute atomic E-state index is 0.0349. The van der Waals surface area contributed by atoms with Crippen molar-refractivity contribution in [2.45, 2.75) is 198 Å². The maximum Gasteiger partial charge on any atom is 0.312 e. The molecule has 63 heavy (non-hydrogen) atoms. The molecule has 0 aromatic rings. The first kappa shape index (κ1) is 48.1. The Morgan fingerprint density at radius 1 is 0.698 bits per heavy atom. The number of carboxylic acid groups (broad SMARTS) is 1. The Hall–Kier alpha value is -1.39. The first-order chi connectivity index (χ1) is 29.3. The zero-order valence-electron chi connectivity index (χ0n) is 37.8. The minimum atomic E-state index is -1.70. The number of hydrogen-bond donors (Lipinski definition) is 10. The summed E-state index contributed by atoms with van der Waals surface area (Å²) in [4.78, 5) is 13.1. The number of ether oxygens (including phenoxy) is 6. The van der Waals surface area contributed by atoms with Crippen LogP contribution in [0.5, 0.6) is 0 Å². The van der Waals surface area contributed by atoms with Crippen molar-refractivity contribution in [2.24, 2.45) is 50.2 Å². The zero-order chi connectivity index (χ0) is 46.0. The van der Waals surface area contributed by atoms with Crippen LogP contribution in [-0.2, 0) is 33.2 Å². The number of rotatable bonds is 8. The molecule has 0 radical (unpaired) electrons. The Balaban J connectivity index is 0.970. The number of aliphatic hydroxyl groups excluding tert-OH is 9. The Bertz CT molecular complexity index is 1730. The molecule has 0 bridgehead atoms. The maximum atomic E-state index is 13.1. The average molecular weight is 899 g/mol. The first-order valence-electron chi connectivity index (χ1n) is 23.2. The van der Waals surface area contributed by atoms with Crippen LogP contribution >= 0.6 is 0 Å². The van der Waals surface area contributed by atoms with E-state index in [2.05, 4.69) is 54.5 Å². The smallest absolute Gasteiger partial charge is 0.312 e. The van der Waals surface area contributed by atoms with E-state index in [1.165, 1.54) is 5.57 Å². The number of fused-ring (bicyclic) bond motifs is 7. The first-order valence-corrected chi connectivity index (χ1v) is 23.2. The van der Waals surface area contributed by atoms with Crippen LogP contribution in [0.2, 0.25) is 0 Å². The fourth-order valence-electron chi connectivity index (χ4n) is 14.6. The number of aliphatic hydroxyl groups is 9. The lowest BCUT2D eigenvalue weighted by Crippen LogP contribution is -2.68. The monoisotopic (exact) mass is 898 g/mol. The third kappa shape index (κ3) is 7.50. The van der Waals surface area contributed by atoms with Crippen molar-refractivity contribution in [3.8, 4) is 0 Å². The second-order valence-corrected chi connectivity index (χ2v) is 22.7. The fourth-order valence-corrected chi connectivity index (χ4v) is 14.6. The third-order valence-electron chi connectivity index (χ3n) is 18.6. The molecule has 0 unspecified atom stereocenters. The van der Waals surface area contributed by atoms with Crippen LogP contribution in [-0.4, -0.2) is 169 Å². The summed E-state index contributed by atoms with van der Waals surface area (Å²) in [7, 11) is 0. The predicted octanol–water partition coefficient (Wildman–Crippen LogP) is 0.955. The molecule has 3 aliphatic heterocycles. The molecule has 0 amide bonds. The fraction of sp³-hybridized carbons (Fsp3) is 0.935. The van der Waals surface area contributed by atoms with E-state index in [1.54, 1.807) is 0 Å². The highest BCUT2D eigenvalue weighted by Gasteiger charge is 2.71. The Morgan fingerprint density at radius 3 is 2.03 bits per heavy atom. The van der Waals surface area contributed by atoms with Gasteiger partial charge in [-0.05, 0) is 103 Å². The normalized spacial score (nSPS) is 54.1. The van der Waals surface area contributed by atoms with Crippen molar-refractivity contribution in [1.29, 1.82) is 0 Å². The summed E-state index contributed by atoms with van der Waals surface area (Å²) < 4.78 is 35.4. The molecule has 0 aromatic carbocycles. The van der Waals surface area contributed by atoms with Crippen molar-refractivity contribution in [3.05, 3.63) is 11.6 Å². The molecule has 10 N–H and O–H groups in total.